The van der Waals surface area contributed by atoms with E-state index in [-0.39, 0.29) is 23.0 Å². The number of carbonyl (C=O) groups is 3. The van der Waals surface area contributed by atoms with Gasteiger partial charge in [-0.1, -0.05) is 153 Å². The number of benzene rings is 7. The Balaban J connectivity index is 0.000000164. The number of hydrogen-bond acceptors (Lipinski definition) is 9. The van der Waals surface area contributed by atoms with Crippen LogP contribution < -0.4 is 10.3 Å². The summed E-state index contributed by atoms with van der Waals surface area (Å²) < 4.78 is 17.8. The van der Waals surface area contributed by atoms with Crippen LogP contribution in [0.4, 0.5) is 5.69 Å². The van der Waals surface area contributed by atoms with Crippen molar-refractivity contribution < 1.29 is 28.6 Å². The number of ketones is 2. The molecule has 332 valence electrons. The Bertz CT molecular complexity index is 2760. The lowest BCUT2D eigenvalue weighted by atomic mass is 9.96. The highest BCUT2D eigenvalue weighted by atomic mass is 32.1. The molecule has 0 aliphatic carbocycles. The topological polar surface area (TPSA) is 99.2 Å². The number of Topliss-reactive ketones (excluding diaryl/α,β-unsaturated/α-hetero) is 1. The first-order valence-electron chi connectivity index (χ1n) is 21.2. The third-order valence-corrected chi connectivity index (χ3v) is 11.4. The Kier molecular flexibility index (Phi) is 18.2. The minimum absolute atomic E-state index is 0.0752. The highest BCUT2D eigenvalue weighted by molar-refractivity contribution is 7.24. The first kappa shape index (κ1) is 49.0. The van der Waals surface area contributed by atoms with Gasteiger partial charge in [-0.05, 0) is 66.9 Å². The molecule has 0 amide bonds. The van der Waals surface area contributed by atoms with Gasteiger partial charge in [-0.25, -0.2) is 4.79 Å². The fraction of sp³-hybridized carbons (Fsp3) is 0.179. The SMILES string of the molecule is CC(C)c1ccc2sc3ccccc3c(=O)c2c1.CCOC(=O)c1ccc(N(C)C)cc1.COC(OC)(C(=O)c1ccccc1)c1ccccc1.O=C(c1ccccc1)c1ccccc1. The van der Waals surface area contributed by atoms with Crippen molar-refractivity contribution in [1.29, 1.82) is 0 Å². The normalized spacial score (nSPS) is 10.6. The van der Waals surface area contributed by atoms with Crippen LogP contribution in [0.2, 0.25) is 0 Å². The lowest BCUT2D eigenvalue weighted by Crippen LogP contribution is -2.39. The van der Waals surface area contributed by atoms with Gasteiger partial charge >= 0.3 is 5.97 Å². The van der Waals surface area contributed by atoms with Crippen LogP contribution in [-0.2, 0) is 20.0 Å². The van der Waals surface area contributed by atoms with Gasteiger partial charge in [-0.15, -0.1) is 11.3 Å². The van der Waals surface area contributed by atoms with E-state index < -0.39 is 5.79 Å². The van der Waals surface area contributed by atoms with Crippen molar-refractivity contribution in [3.63, 3.8) is 0 Å². The Morgan fingerprint density at radius 2 is 1.05 bits per heavy atom. The maximum atomic E-state index is 12.7. The number of esters is 1. The van der Waals surface area contributed by atoms with E-state index in [1.54, 1.807) is 42.5 Å². The quantitative estimate of drug-likeness (QED) is 0.0548. The van der Waals surface area contributed by atoms with Crippen LogP contribution >= 0.6 is 11.3 Å². The molecule has 0 spiro atoms. The fourth-order valence-corrected chi connectivity index (χ4v) is 7.76. The van der Waals surface area contributed by atoms with Gasteiger partial charge in [0.25, 0.3) is 5.79 Å². The summed E-state index contributed by atoms with van der Waals surface area (Å²) in [7, 11) is 6.85. The molecule has 8 aromatic rings. The molecule has 1 aromatic heterocycles. The maximum absolute atomic E-state index is 12.7. The van der Waals surface area contributed by atoms with Crippen LogP contribution in [0.15, 0.2) is 193 Å². The summed E-state index contributed by atoms with van der Waals surface area (Å²) in [6, 6.07) is 58.2. The number of anilines is 1. The van der Waals surface area contributed by atoms with E-state index in [0.717, 1.165) is 37.0 Å². The van der Waals surface area contributed by atoms with Crippen LogP contribution in [-0.4, -0.2) is 52.5 Å². The van der Waals surface area contributed by atoms with E-state index in [2.05, 4.69) is 26.0 Å². The molecule has 8 rings (SSSR count). The first-order chi connectivity index (χ1) is 31.4. The van der Waals surface area contributed by atoms with Gasteiger partial charge in [0.1, 0.15) is 0 Å². The van der Waals surface area contributed by atoms with Crippen molar-refractivity contribution in [3.05, 3.63) is 232 Å². The van der Waals surface area contributed by atoms with Gasteiger partial charge in [0.15, 0.2) is 11.2 Å². The van der Waals surface area contributed by atoms with Gasteiger partial charge in [0.2, 0.25) is 5.78 Å². The van der Waals surface area contributed by atoms with E-state index in [4.69, 9.17) is 14.2 Å². The van der Waals surface area contributed by atoms with E-state index in [1.165, 1.54) is 19.8 Å². The molecular weight excluding hydrogens is 831 g/mol. The van der Waals surface area contributed by atoms with Crippen molar-refractivity contribution in [1.82, 2.24) is 0 Å². The average Bonchev–Trinajstić information content (AvgIpc) is 3.36. The monoisotopic (exact) mass is 885 g/mol. The molecular formula is C56H55NO7S. The summed E-state index contributed by atoms with van der Waals surface area (Å²) in [6.07, 6.45) is 0. The third kappa shape index (κ3) is 12.8. The van der Waals surface area contributed by atoms with Gasteiger partial charge in [-0.3, -0.25) is 14.4 Å². The van der Waals surface area contributed by atoms with Gasteiger partial charge < -0.3 is 19.1 Å². The number of methoxy groups -OCH3 is 2. The first-order valence-corrected chi connectivity index (χ1v) is 22.1. The molecule has 0 fully saturated rings. The highest BCUT2D eigenvalue weighted by Crippen LogP contribution is 2.30. The molecule has 0 saturated carbocycles. The van der Waals surface area contributed by atoms with Crippen molar-refractivity contribution >= 4 is 54.7 Å². The van der Waals surface area contributed by atoms with E-state index >= 15 is 0 Å². The third-order valence-electron chi connectivity index (χ3n) is 10.3. The molecule has 0 atom stereocenters. The standard InChI is InChI=1S/C16H16O3.C16H14OS.C13H10O.C11H15NO2/c1-18-16(19-2,14-11-7-4-8-12-14)15(17)13-9-5-3-6-10-13;1-10(2)11-7-8-15-13(9-11)16(17)12-5-3-4-6-14(12)18-15;14-13(11-7-3-1-4-8-11)12-9-5-2-6-10-12;1-4-14-11(13)9-5-7-10(8-6-9)12(2)3/h3-12H,1-2H3;3-10H,1-2H3;1-10H;5-8H,4H2,1-3H3. The summed E-state index contributed by atoms with van der Waals surface area (Å²) in [6.45, 7) is 6.51. The largest absolute Gasteiger partial charge is 0.462 e. The predicted molar refractivity (Wildman–Crippen MR) is 266 cm³/mol. The number of nitrogens with zero attached hydrogens (tertiary/aromatic N) is 1. The molecule has 1 heterocycles. The smallest absolute Gasteiger partial charge is 0.338 e. The molecule has 65 heavy (non-hydrogen) atoms. The van der Waals surface area contributed by atoms with Crippen LogP contribution in [0.5, 0.6) is 0 Å². The lowest BCUT2D eigenvalue weighted by Gasteiger charge is -2.29. The minimum Gasteiger partial charge on any atom is -0.462 e. The highest BCUT2D eigenvalue weighted by Gasteiger charge is 2.41. The van der Waals surface area contributed by atoms with E-state index in [1.807, 2.05) is 171 Å². The Labute approximate surface area is 385 Å². The molecule has 0 bridgehead atoms. The molecule has 0 aliphatic rings. The number of carbonyl (C=O) groups excluding carboxylic acids is 3. The van der Waals surface area contributed by atoms with Crippen LogP contribution in [0.25, 0.3) is 20.2 Å². The Morgan fingerprint density at radius 3 is 1.54 bits per heavy atom. The summed E-state index contributed by atoms with van der Waals surface area (Å²) in [5.41, 5.74) is 5.74. The molecule has 0 N–H and O–H groups in total. The molecule has 7 aromatic carbocycles. The van der Waals surface area contributed by atoms with Crippen molar-refractivity contribution in [2.24, 2.45) is 0 Å². The van der Waals surface area contributed by atoms with Crippen molar-refractivity contribution in [2.45, 2.75) is 32.5 Å². The number of ether oxygens (including phenoxy) is 3. The number of fused-ring (bicyclic) bond motifs is 2. The number of hydrogen-bond donors (Lipinski definition) is 0. The van der Waals surface area contributed by atoms with Crippen LogP contribution in [0, 0.1) is 0 Å². The number of rotatable bonds is 11. The average molecular weight is 886 g/mol. The van der Waals surface area contributed by atoms with E-state index in [0.29, 0.717) is 29.2 Å². The second kappa shape index (κ2) is 24.1. The summed E-state index contributed by atoms with van der Waals surface area (Å²) in [4.78, 5) is 50.3. The van der Waals surface area contributed by atoms with E-state index in [9.17, 15) is 19.2 Å². The van der Waals surface area contributed by atoms with Crippen molar-refractivity contribution in [3.8, 4) is 0 Å². The molecule has 8 nitrogen and oxygen atoms in total. The lowest BCUT2D eigenvalue weighted by molar-refractivity contribution is -0.176. The van der Waals surface area contributed by atoms with Gasteiger partial charge in [-0.2, -0.15) is 0 Å². The molecule has 0 aliphatic heterocycles. The second-order valence-electron chi connectivity index (χ2n) is 15.1. The van der Waals surface area contributed by atoms with Gasteiger partial charge in [0.05, 0.1) is 12.2 Å². The predicted octanol–water partition coefficient (Wildman–Crippen LogP) is 12.4. The van der Waals surface area contributed by atoms with Crippen molar-refractivity contribution in [2.75, 3.05) is 39.8 Å². The van der Waals surface area contributed by atoms with Gasteiger partial charge in [0, 0.05) is 76.4 Å². The zero-order valence-electron chi connectivity index (χ0n) is 37.9. The Morgan fingerprint density at radius 1 is 0.569 bits per heavy atom. The second-order valence-corrected chi connectivity index (χ2v) is 16.2. The summed E-state index contributed by atoms with van der Waals surface area (Å²) >= 11 is 1.69. The van der Waals surface area contributed by atoms with Crippen LogP contribution in [0.1, 0.15) is 74.5 Å². The van der Waals surface area contributed by atoms with Crippen LogP contribution in [0.3, 0.4) is 0 Å². The zero-order chi connectivity index (χ0) is 46.8. The molecule has 0 saturated heterocycles. The summed E-state index contributed by atoms with van der Waals surface area (Å²) in [5.74, 6) is -1.36. The molecule has 9 heteroatoms. The molecule has 0 radical (unpaired) electrons. The summed E-state index contributed by atoms with van der Waals surface area (Å²) in [5, 5.41) is 1.68. The minimum atomic E-state index is -1.40. The maximum Gasteiger partial charge on any atom is 0.338 e. The Hall–Kier alpha value is -7.04. The fourth-order valence-electron chi connectivity index (χ4n) is 6.71. The molecule has 0 unspecified atom stereocenters. The zero-order valence-corrected chi connectivity index (χ0v) is 38.7.